The van der Waals surface area contributed by atoms with E-state index in [4.69, 9.17) is 30.0 Å². The van der Waals surface area contributed by atoms with E-state index in [1.165, 1.54) is 0 Å². The molecule has 72 valence electrons. The number of hydrogen-bond acceptors (Lipinski definition) is 5. The van der Waals surface area contributed by atoms with Gasteiger partial charge in [-0.1, -0.05) is 0 Å². The van der Waals surface area contributed by atoms with Crippen molar-refractivity contribution in [3.05, 3.63) is 0 Å². The minimum atomic E-state index is -2.23. The fourth-order valence-corrected chi connectivity index (χ4v) is 0. The Labute approximate surface area is 66.0 Å². The molecule has 12 heavy (non-hydrogen) atoms. The van der Waals surface area contributed by atoms with Crippen molar-refractivity contribution in [1.82, 2.24) is 0 Å². The molecule has 6 N–H and O–H groups in total. The minimum Gasteiger partial charge on any atom is -0.477 e. The number of carbonyl (C=O) groups excluding carboxylic acids is 1. The molecule has 0 spiro atoms. The molecule has 0 saturated carbocycles. The molecule has 0 heterocycles. The van der Waals surface area contributed by atoms with E-state index in [1.54, 1.807) is 0 Å². The first kappa shape index (κ1) is 16.8. The molecule has 8 nitrogen and oxygen atoms in total. The zero-order valence-corrected chi connectivity index (χ0v) is 5.67. The molecule has 0 unspecified atom stereocenters. The number of carboxylic acids is 2. The van der Waals surface area contributed by atoms with Gasteiger partial charge in [-0.25, -0.2) is 9.59 Å². The Balaban J connectivity index is -0.000000126. The van der Waals surface area contributed by atoms with E-state index in [0.717, 1.165) is 0 Å². The van der Waals surface area contributed by atoms with Crippen molar-refractivity contribution in [3.8, 4) is 0 Å². The van der Waals surface area contributed by atoms with Crippen LogP contribution in [0.3, 0.4) is 0 Å². The fraction of sp³-hybridized carbons (Fsp3) is 0.250. The van der Waals surface area contributed by atoms with Crippen molar-refractivity contribution >= 4 is 18.2 Å². The Morgan fingerprint density at radius 1 is 1.17 bits per heavy atom. The predicted octanol–water partition coefficient (Wildman–Crippen LogP) is -3.17. The van der Waals surface area contributed by atoms with E-state index in [9.17, 15) is 4.79 Å². The number of carbonyl (C=O) groups is 3. The molecule has 0 amide bonds. The average molecular weight is 184 g/mol. The van der Waals surface area contributed by atoms with Crippen LogP contribution in [0.2, 0.25) is 0 Å². The van der Waals surface area contributed by atoms with Crippen molar-refractivity contribution in [2.75, 3.05) is 0 Å². The zero-order chi connectivity index (χ0) is 9.44. The van der Waals surface area contributed by atoms with Crippen LogP contribution in [0.15, 0.2) is 0 Å². The highest BCUT2D eigenvalue weighted by Crippen LogP contribution is 1.67. The van der Waals surface area contributed by atoms with Gasteiger partial charge in [-0.2, -0.15) is 0 Å². The van der Waals surface area contributed by atoms with Gasteiger partial charge in [-0.05, 0) is 0 Å². The van der Waals surface area contributed by atoms with Gasteiger partial charge in [0, 0.05) is 0 Å². The van der Waals surface area contributed by atoms with Crippen LogP contribution in [0.5, 0.6) is 0 Å². The number of carboxylic acid groups (broad SMARTS) is 2. The Bertz CT molecular complexity index is 149. The molecule has 0 atom stereocenters. The van der Waals surface area contributed by atoms with E-state index in [2.05, 4.69) is 0 Å². The summed E-state index contributed by atoms with van der Waals surface area (Å²) in [7, 11) is 0. The molecule has 0 aliphatic heterocycles. The van der Waals surface area contributed by atoms with Gasteiger partial charge >= 0.3 is 11.9 Å². The first-order valence-electron chi connectivity index (χ1n) is 2.18. The second kappa shape index (κ2) is 9.49. The Morgan fingerprint density at radius 2 is 1.33 bits per heavy atom. The highest BCUT2D eigenvalue weighted by molar-refractivity contribution is 6.19. The number of aliphatic carboxylic acids is 2. The summed E-state index contributed by atoms with van der Waals surface area (Å²) in [6.07, 6.45) is -2.40. The van der Waals surface area contributed by atoms with Crippen molar-refractivity contribution in [2.45, 2.75) is 6.29 Å². The number of hydrogen-bond donors (Lipinski definition) is 4. The van der Waals surface area contributed by atoms with Crippen LogP contribution in [-0.4, -0.2) is 50.4 Å². The monoisotopic (exact) mass is 184 g/mol. The first-order chi connectivity index (χ1) is 4.91. The highest BCUT2D eigenvalue weighted by Gasteiger charge is 2.04. The van der Waals surface area contributed by atoms with Gasteiger partial charge in [-0.3, -0.25) is 4.79 Å². The van der Waals surface area contributed by atoms with Crippen molar-refractivity contribution in [3.63, 3.8) is 0 Å². The Hall–Kier alpha value is -1.51. The van der Waals surface area contributed by atoms with Gasteiger partial charge in [-0.15, -0.1) is 0 Å². The highest BCUT2D eigenvalue weighted by atomic mass is 16.5. The average Bonchev–Trinajstić information content (AvgIpc) is 1.89. The molecular weight excluding hydrogens is 176 g/mol. The summed E-state index contributed by atoms with van der Waals surface area (Å²) in [5.74, 6) is -3.06. The lowest BCUT2D eigenvalue weighted by Crippen LogP contribution is -2.17. The van der Waals surface area contributed by atoms with Crippen LogP contribution in [0.1, 0.15) is 0 Å². The summed E-state index contributed by atoms with van der Waals surface area (Å²) in [4.78, 5) is 27.1. The number of aliphatic hydroxyl groups is 2. The third kappa shape index (κ3) is 23.6. The fourth-order valence-electron chi connectivity index (χ4n) is 0. The van der Waals surface area contributed by atoms with E-state index in [1.807, 2.05) is 0 Å². The van der Waals surface area contributed by atoms with Gasteiger partial charge in [0.2, 0.25) is 6.29 Å². The zero-order valence-electron chi connectivity index (χ0n) is 5.67. The number of aliphatic hydroxyl groups excluding tert-OH is 1. The summed E-state index contributed by atoms with van der Waals surface area (Å²) >= 11 is 0. The van der Waals surface area contributed by atoms with Crippen LogP contribution >= 0.6 is 0 Å². The van der Waals surface area contributed by atoms with Gasteiger partial charge in [0.15, 0.2) is 0 Å². The lowest BCUT2D eigenvalue weighted by atomic mass is 10.7. The second-order valence-corrected chi connectivity index (χ2v) is 1.17. The predicted molar refractivity (Wildman–Crippen MR) is 33.2 cm³/mol. The van der Waals surface area contributed by atoms with Gasteiger partial charge in [0.25, 0.3) is 6.29 Å². The SMILES string of the molecule is O.O=C(O)C(O)O.O=CC(=O)O. The van der Waals surface area contributed by atoms with E-state index >= 15 is 0 Å². The molecule has 0 aromatic heterocycles. The van der Waals surface area contributed by atoms with Crippen molar-refractivity contribution < 1.29 is 40.3 Å². The molecule has 0 aliphatic rings. The van der Waals surface area contributed by atoms with Crippen LogP contribution in [-0.2, 0) is 14.4 Å². The van der Waals surface area contributed by atoms with E-state index in [0.29, 0.717) is 0 Å². The Kier molecular flexibility index (Phi) is 13.3. The summed E-state index contributed by atoms with van der Waals surface area (Å²) in [6, 6.07) is 0. The maximum absolute atomic E-state index is 9.20. The second-order valence-electron chi connectivity index (χ2n) is 1.17. The smallest absolute Gasteiger partial charge is 0.368 e. The molecule has 0 aromatic rings. The molecule has 0 saturated heterocycles. The van der Waals surface area contributed by atoms with Crippen molar-refractivity contribution in [1.29, 1.82) is 0 Å². The van der Waals surface area contributed by atoms with Crippen LogP contribution in [0.4, 0.5) is 0 Å². The molecule has 0 fully saturated rings. The van der Waals surface area contributed by atoms with Crippen LogP contribution in [0, 0.1) is 0 Å². The normalized spacial score (nSPS) is 7.25. The third-order valence-electron chi connectivity index (χ3n) is 0.322. The molecule has 0 aromatic carbocycles. The maximum Gasteiger partial charge on any atom is 0.368 e. The van der Waals surface area contributed by atoms with E-state index < -0.39 is 18.2 Å². The van der Waals surface area contributed by atoms with Crippen LogP contribution in [0.25, 0.3) is 0 Å². The first-order valence-corrected chi connectivity index (χ1v) is 2.18. The minimum absolute atomic E-state index is 0. The largest absolute Gasteiger partial charge is 0.477 e. The maximum atomic E-state index is 9.20. The summed E-state index contributed by atoms with van der Waals surface area (Å²) in [5, 5.41) is 30.0. The summed E-state index contributed by atoms with van der Waals surface area (Å²) < 4.78 is 0. The third-order valence-corrected chi connectivity index (χ3v) is 0.322. The van der Waals surface area contributed by atoms with E-state index in [-0.39, 0.29) is 11.8 Å². The van der Waals surface area contributed by atoms with Gasteiger partial charge in [0.05, 0.1) is 0 Å². The topological polar surface area (TPSA) is 164 Å². The lowest BCUT2D eigenvalue weighted by molar-refractivity contribution is -0.165. The molecule has 0 bridgehead atoms. The summed E-state index contributed by atoms with van der Waals surface area (Å²) in [6.45, 7) is 0. The molecule has 0 aliphatic carbocycles. The van der Waals surface area contributed by atoms with Gasteiger partial charge in [0.1, 0.15) is 0 Å². The quantitative estimate of drug-likeness (QED) is 0.199. The molecule has 0 radical (unpaired) electrons. The molecule has 0 rings (SSSR count). The molecule has 8 heteroatoms. The van der Waals surface area contributed by atoms with Crippen molar-refractivity contribution in [2.24, 2.45) is 0 Å². The lowest BCUT2D eigenvalue weighted by Gasteiger charge is -1.88. The standard InChI is InChI=1S/C2H4O4.C2H2O3.H2O/c3-1(4)2(5)6;3-1-2(4)5;/h1,3-4H,(H,5,6);1H,(H,4,5);1H2. The van der Waals surface area contributed by atoms with Gasteiger partial charge < -0.3 is 25.9 Å². The Morgan fingerprint density at radius 3 is 1.33 bits per heavy atom. The molecular formula is C4H8O8. The van der Waals surface area contributed by atoms with Crippen LogP contribution < -0.4 is 0 Å². The number of aldehydes is 1. The summed E-state index contributed by atoms with van der Waals surface area (Å²) in [5.41, 5.74) is 0. The number of rotatable bonds is 2.